The maximum Gasteiger partial charge on any atom is 0.407 e. The molecule has 9 heteroatoms. The lowest BCUT2D eigenvalue weighted by Crippen LogP contribution is -2.39. The molecule has 1 fully saturated rings. The van der Waals surface area contributed by atoms with E-state index in [-0.39, 0.29) is 9.69 Å². The molecule has 21 heavy (non-hydrogen) atoms. The standard InChI is InChI=1S/C12H22N4O2S3/c1-12(2,3)18-11(17)14-7-8(15-16-10(13)19)9-20-5-4-6-21-9/h9H,4-7H2,1-3H3,(H,14,17)(H3,13,16,19)/b15-8-. The van der Waals surface area contributed by atoms with Crippen LogP contribution >= 0.6 is 35.7 Å². The smallest absolute Gasteiger partial charge is 0.407 e. The van der Waals surface area contributed by atoms with Gasteiger partial charge in [0.25, 0.3) is 0 Å². The van der Waals surface area contributed by atoms with Crippen molar-refractivity contribution in [1.82, 2.24) is 10.7 Å². The van der Waals surface area contributed by atoms with E-state index in [1.165, 1.54) is 6.42 Å². The Morgan fingerprint density at radius 1 is 1.43 bits per heavy atom. The van der Waals surface area contributed by atoms with Crippen LogP contribution in [0, 0.1) is 0 Å². The predicted molar refractivity (Wildman–Crippen MR) is 94.9 cm³/mol. The van der Waals surface area contributed by atoms with E-state index in [4.69, 9.17) is 22.7 Å². The molecule has 120 valence electrons. The number of ether oxygens (including phenoxy) is 1. The van der Waals surface area contributed by atoms with Crippen LogP contribution in [0.1, 0.15) is 27.2 Å². The fourth-order valence-electron chi connectivity index (χ4n) is 1.46. The van der Waals surface area contributed by atoms with E-state index in [0.29, 0.717) is 6.54 Å². The second kappa shape index (κ2) is 8.70. The second-order valence-electron chi connectivity index (χ2n) is 5.36. The summed E-state index contributed by atoms with van der Waals surface area (Å²) in [4.78, 5) is 11.7. The fraction of sp³-hybridized carbons (Fsp3) is 0.750. The van der Waals surface area contributed by atoms with Crippen LogP contribution in [0.4, 0.5) is 4.79 Å². The van der Waals surface area contributed by atoms with E-state index in [9.17, 15) is 4.79 Å². The Bertz CT molecular complexity index is 404. The van der Waals surface area contributed by atoms with Crippen LogP contribution in [0.15, 0.2) is 5.10 Å². The first-order chi connectivity index (χ1) is 9.78. The molecule has 0 aromatic heterocycles. The van der Waals surface area contributed by atoms with Crippen molar-refractivity contribution >= 4 is 52.7 Å². The molecule has 6 nitrogen and oxygen atoms in total. The van der Waals surface area contributed by atoms with Crippen molar-refractivity contribution in [3.63, 3.8) is 0 Å². The van der Waals surface area contributed by atoms with Gasteiger partial charge in [-0.15, -0.1) is 23.5 Å². The third-order valence-electron chi connectivity index (χ3n) is 2.22. The van der Waals surface area contributed by atoms with Gasteiger partial charge in [-0.3, -0.25) is 5.43 Å². The van der Waals surface area contributed by atoms with Crippen LogP contribution in [-0.2, 0) is 4.74 Å². The molecule has 0 radical (unpaired) electrons. The van der Waals surface area contributed by atoms with E-state index in [0.717, 1.165) is 17.2 Å². The van der Waals surface area contributed by atoms with Gasteiger partial charge in [0.05, 0.1) is 16.8 Å². The zero-order chi connectivity index (χ0) is 15.9. The van der Waals surface area contributed by atoms with Crippen LogP contribution in [0.25, 0.3) is 0 Å². The lowest BCUT2D eigenvalue weighted by atomic mass is 10.2. The van der Waals surface area contributed by atoms with Crippen molar-refractivity contribution in [2.75, 3.05) is 18.1 Å². The van der Waals surface area contributed by atoms with Gasteiger partial charge in [-0.1, -0.05) is 0 Å². The van der Waals surface area contributed by atoms with Gasteiger partial charge in [-0.05, 0) is 50.9 Å². The number of carbonyl (C=O) groups excluding carboxylic acids is 1. The zero-order valence-corrected chi connectivity index (χ0v) is 14.9. The van der Waals surface area contributed by atoms with Crippen LogP contribution < -0.4 is 16.5 Å². The number of hydrogen-bond donors (Lipinski definition) is 3. The number of nitrogens with two attached hydrogens (primary N) is 1. The molecule has 0 atom stereocenters. The van der Waals surface area contributed by atoms with Crippen molar-refractivity contribution < 1.29 is 9.53 Å². The first-order valence-corrected chi connectivity index (χ1v) is 9.10. The molecule has 0 bridgehead atoms. The Kier molecular flexibility index (Phi) is 7.61. The number of thioether (sulfide) groups is 2. The summed E-state index contributed by atoms with van der Waals surface area (Å²) in [5.74, 6) is 2.16. The van der Waals surface area contributed by atoms with Crippen molar-refractivity contribution in [2.45, 2.75) is 37.4 Å². The Morgan fingerprint density at radius 3 is 2.57 bits per heavy atom. The van der Waals surface area contributed by atoms with Crippen molar-refractivity contribution in [3.8, 4) is 0 Å². The number of carbonyl (C=O) groups is 1. The van der Waals surface area contributed by atoms with Crippen LogP contribution in [0.3, 0.4) is 0 Å². The number of hydrogen-bond acceptors (Lipinski definition) is 6. The molecule has 1 saturated heterocycles. The van der Waals surface area contributed by atoms with Gasteiger partial charge in [0.1, 0.15) is 5.60 Å². The highest BCUT2D eigenvalue weighted by Gasteiger charge is 2.22. The summed E-state index contributed by atoms with van der Waals surface area (Å²) in [5.41, 5.74) is 8.26. The Hall–Kier alpha value is -0.670. The Labute approximate surface area is 139 Å². The molecule has 0 unspecified atom stereocenters. The maximum atomic E-state index is 11.7. The summed E-state index contributed by atoms with van der Waals surface area (Å²) >= 11 is 8.36. The number of thiocarbonyl (C=S) groups is 1. The lowest BCUT2D eigenvalue weighted by Gasteiger charge is -2.24. The lowest BCUT2D eigenvalue weighted by molar-refractivity contribution is 0.0536. The highest BCUT2D eigenvalue weighted by Crippen LogP contribution is 2.31. The maximum absolute atomic E-state index is 11.7. The summed E-state index contributed by atoms with van der Waals surface area (Å²) in [6, 6.07) is 0. The summed E-state index contributed by atoms with van der Waals surface area (Å²) in [6.45, 7) is 5.77. The van der Waals surface area contributed by atoms with E-state index >= 15 is 0 Å². The van der Waals surface area contributed by atoms with Crippen molar-refractivity contribution in [1.29, 1.82) is 0 Å². The van der Waals surface area contributed by atoms with Gasteiger partial charge in [0, 0.05) is 0 Å². The molecule has 0 aliphatic carbocycles. The minimum absolute atomic E-state index is 0.107. The molecule has 0 aromatic rings. The van der Waals surface area contributed by atoms with Gasteiger partial charge in [0.2, 0.25) is 0 Å². The summed E-state index contributed by atoms with van der Waals surface area (Å²) in [6.07, 6.45) is 0.720. The molecule has 4 N–H and O–H groups in total. The van der Waals surface area contributed by atoms with E-state index in [1.54, 1.807) is 23.5 Å². The molecule has 1 amide bonds. The normalized spacial score (nSPS) is 17.2. The average Bonchev–Trinajstić information content (AvgIpc) is 2.37. The summed E-state index contributed by atoms with van der Waals surface area (Å²) in [5, 5.41) is 7.03. The highest BCUT2D eigenvalue weighted by molar-refractivity contribution is 8.18. The van der Waals surface area contributed by atoms with Crippen LogP contribution in [0.2, 0.25) is 0 Å². The zero-order valence-electron chi connectivity index (χ0n) is 12.5. The van der Waals surface area contributed by atoms with Crippen LogP contribution in [-0.4, -0.2) is 45.2 Å². The molecule has 1 rings (SSSR count). The number of nitrogens with zero attached hydrogens (tertiary/aromatic N) is 1. The van der Waals surface area contributed by atoms with Gasteiger partial charge in [0.15, 0.2) is 5.11 Å². The minimum atomic E-state index is -0.521. The first kappa shape index (κ1) is 18.4. The molecule has 1 heterocycles. The number of amides is 1. The summed E-state index contributed by atoms with van der Waals surface area (Å²) < 4.78 is 5.40. The minimum Gasteiger partial charge on any atom is -0.444 e. The second-order valence-corrected chi connectivity index (χ2v) is 8.53. The summed E-state index contributed by atoms with van der Waals surface area (Å²) in [7, 11) is 0. The molecule has 1 aliphatic heterocycles. The van der Waals surface area contributed by atoms with E-state index < -0.39 is 11.7 Å². The van der Waals surface area contributed by atoms with Gasteiger partial charge in [-0.2, -0.15) is 5.10 Å². The van der Waals surface area contributed by atoms with E-state index in [1.807, 2.05) is 20.8 Å². The topological polar surface area (TPSA) is 88.7 Å². The quantitative estimate of drug-likeness (QED) is 0.405. The van der Waals surface area contributed by atoms with Crippen molar-refractivity contribution in [2.24, 2.45) is 10.8 Å². The average molecular weight is 351 g/mol. The monoisotopic (exact) mass is 350 g/mol. The van der Waals surface area contributed by atoms with Crippen LogP contribution in [0.5, 0.6) is 0 Å². The van der Waals surface area contributed by atoms with Gasteiger partial charge in [-0.25, -0.2) is 4.79 Å². The van der Waals surface area contributed by atoms with E-state index in [2.05, 4.69) is 15.8 Å². The molecular weight excluding hydrogens is 328 g/mol. The molecule has 0 aromatic carbocycles. The fourth-order valence-corrected chi connectivity index (χ4v) is 4.36. The largest absolute Gasteiger partial charge is 0.444 e. The highest BCUT2D eigenvalue weighted by atomic mass is 32.2. The molecule has 1 aliphatic rings. The molecule has 0 saturated carbocycles. The Morgan fingerprint density at radius 2 is 2.05 bits per heavy atom. The predicted octanol–water partition coefficient (Wildman–Crippen LogP) is 1.90. The Balaban J connectivity index is 2.58. The first-order valence-electron chi connectivity index (χ1n) is 6.60. The SMILES string of the molecule is CC(C)(C)OC(=O)NC/C(=N/NC(N)=S)C1SCCCS1. The number of rotatable bonds is 4. The van der Waals surface area contributed by atoms with Gasteiger partial charge >= 0.3 is 6.09 Å². The molecule has 0 spiro atoms. The molecular formula is C12H22N4O2S3. The third-order valence-corrected chi connectivity index (χ3v) is 5.33. The number of nitrogens with one attached hydrogen (secondary N) is 2. The number of alkyl carbamates (subject to hydrolysis) is 1. The third kappa shape index (κ3) is 8.37. The van der Waals surface area contributed by atoms with Gasteiger partial charge < -0.3 is 15.8 Å². The number of hydrazone groups is 1. The van der Waals surface area contributed by atoms with Crippen molar-refractivity contribution in [3.05, 3.63) is 0 Å².